The molecule has 0 saturated carbocycles. The van der Waals surface area contributed by atoms with Crippen molar-refractivity contribution in [3.63, 3.8) is 0 Å². The van der Waals surface area contributed by atoms with Gasteiger partial charge in [-0.1, -0.05) is 29.1 Å². The smallest absolute Gasteiger partial charge is 0.340 e. The van der Waals surface area contributed by atoms with E-state index in [-0.39, 0.29) is 85.1 Å². The summed E-state index contributed by atoms with van der Waals surface area (Å²) in [5.41, 5.74) is 10.4. The number of anilines is 3. The molecule has 5 N–H and O–H groups in total. The number of ether oxygens (including phenoxy) is 6. The van der Waals surface area contributed by atoms with Gasteiger partial charge in [-0.05, 0) is 79.5 Å². The minimum atomic E-state index is -0.641. The Kier molecular flexibility index (Phi) is 23.4. The number of aromatic nitrogens is 6. The van der Waals surface area contributed by atoms with Crippen molar-refractivity contribution >= 4 is 80.5 Å². The van der Waals surface area contributed by atoms with Gasteiger partial charge in [0.1, 0.15) is 43.3 Å². The quantitative estimate of drug-likeness (QED) is 0.0261. The second-order valence-electron chi connectivity index (χ2n) is 23.7. The second-order valence-corrected chi connectivity index (χ2v) is 23.7. The highest BCUT2D eigenvalue weighted by Gasteiger charge is 2.46. The van der Waals surface area contributed by atoms with Crippen molar-refractivity contribution in [2.24, 2.45) is 5.73 Å². The van der Waals surface area contributed by atoms with Gasteiger partial charge in [-0.25, -0.2) is 19.2 Å². The standard InChI is InChI=1S/C65H83FN14O13/c1-75(42-56(82)69-41-60(86)88-2)58(84)43-78-52-8-6-7-49-50-38-53-47(37-51(50)66)39-71-79(53)80(25-17-46(18-26-80)62(74-78)61(49)52)59(85)14-13-55(81)68-20-28-90-30-32-92-34-36-93-35-33-91-31-29-89-27-19-57(83)77-23-15-45(16-24-77)44-9-11-48(12-10-44)72-65-63(64(67)87)70-40-54(73-65)76-21-4-3-5-22-76/h6-12,37-40,45-46H,3-5,13-36,41-43H2,1-2H3,(H4-,67,68,69,72,73,81,82,87)/p+1. The van der Waals surface area contributed by atoms with Gasteiger partial charge in [0.15, 0.2) is 11.5 Å². The van der Waals surface area contributed by atoms with Crippen LogP contribution in [0.15, 0.2) is 67.0 Å². The van der Waals surface area contributed by atoms with Crippen LogP contribution in [-0.4, -0.2) is 220 Å². The molecule has 3 fully saturated rings. The fourth-order valence-electron chi connectivity index (χ4n) is 12.5. The summed E-state index contributed by atoms with van der Waals surface area (Å²) in [5.74, 6) is -1.93. The molecular formula is C65H84FN14O13+. The highest BCUT2D eigenvalue weighted by atomic mass is 19.1. The fourth-order valence-corrected chi connectivity index (χ4v) is 12.5. The van der Waals surface area contributed by atoms with Crippen LogP contribution < -0.4 is 31.2 Å². The summed E-state index contributed by atoms with van der Waals surface area (Å²) in [6, 6.07) is 16.6. The normalized spacial score (nSPS) is 17.1. The molecule has 0 atom stereocenters. The van der Waals surface area contributed by atoms with Gasteiger partial charge in [0.25, 0.3) is 5.91 Å². The van der Waals surface area contributed by atoms with Gasteiger partial charge in [0.2, 0.25) is 23.6 Å². The minimum absolute atomic E-state index is 0.0606. The number of benzene rings is 3. The molecule has 0 spiro atoms. The third-order valence-corrected chi connectivity index (χ3v) is 17.6. The zero-order chi connectivity index (χ0) is 65.3. The lowest BCUT2D eigenvalue weighted by Gasteiger charge is -2.39. The molecule has 498 valence electrons. The number of nitrogens with zero attached hydrogens (tertiary/aromatic N) is 10. The van der Waals surface area contributed by atoms with E-state index in [0.717, 1.165) is 50.3 Å². The molecule has 3 aromatic carbocycles. The molecule has 5 aliphatic heterocycles. The van der Waals surface area contributed by atoms with Crippen LogP contribution in [0.2, 0.25) is 0 Å². The second kappa shape index (κ2) is 32.3. The van der Waals surface area contributed by atoms with E-state index >= 15 is 4.39 Å². The number of piperidine rings is 3. The van der Waals surface area contributed by atoms with Crippen LogP contribution in [0, 0.1) is 5.82 Å². The van der Waals surface area contributed by atoms with Crippen LogP contribution in [0.1, 0.15) is 97.8 Å². The van der Waals surface area contributed by atoms with Crippen LogP contribution in [-0.2, 0) is 63.7 Å². The molecule has 3 aromatic heterocycles. The lowest BCUT2D eigenvalue weighted by atomic mass is 9.88. The summed E-state index contributed by atoms with van der Waals surface area (Å²) in [6.45, 7) is 6.65. The number of methoxy groups -OCH3 is 1. The van der Waals surface area contributed by atoms with Crippen LogP contribution in [0.3, 0.4) is 0 Å². The maximum absolute atomic E-state index is 16.2. The molecule has 4 bridgehead atoms. The van der Waals surface area contributed by atoms with Crippen molar-refractivity contribution in [2.75, 3.05) is 149 Å². The first-order valence-corrected chi connectivity index (χ1v) is 32.1. The maximum atomic E-state index is 16.2. The molecule has 0 radical (unpaired) electrons. The predicted octanol–water partition coefficient (Wildman–Crippen LogP) is 4.19. The van der Waals surface area contributed by atoms with Crippen LogP contribution in [0.25, 0.3) is 32.9 Å². The average Bonchev–Trinajstić information content (AvgIpc) is 1.59. The van der Waals surface area contributed by atoms with E-state index in [1.165, 1.54) is 37.1 Å². The monoisotopic (exact) mass is 1290 g/mol. The number of hydrogen-bond donors (Lipinski definition) is 4. The number of hydrogen-bond acceptors (Lipinski definition) is 19. The minimum Gasteiger partial charge on any atom is -0.468 e. The number of fused-ring (bicyclic) bond motifs is 2. The number of quaternary nitrogens is 1. The Morgan fingerprint density at radius 2 is 1.40 bits per heavy atom. The lowest BCUT2D eigenvalue weighted by Crippen LogP contribution is -2.65. The fraction of sp³-hybridized carbons (Fsp3) is 0.523. The number of likely N-dealkylation sites (N-methyl/N-ethyl adjacent to an activating group) is 1. The number of esters is 1. The molecule has 27 nitrogen and oxygen atoms in total. The lowest BCUT2D eigenvalue weighted by molar-refractivity contribution is -0.142. The molecular weight excluding hydrogens is 1200 g/mol. The predicted molar refractivity (Wildman–Crippen MR) is 341 cm³/mol. The van der Waals surface area contributed by atoms with Crippen LogP contribution in [0.5, 0.6) is 0 Å². The van der Waals surface area contributed by atoms with Crippen LogP contribution >= 0.6 is 0 Å². The van der Waals surface area contributed by atoms with Gasteiger partial charge >= 0.3 is 11.9 Å². The molecule has 6 aromatic rings. The highest BCUT2D eigenvalue weighted by molar-refractivity contribution is 6.01. The molecule has 8 heterocycles. The number of carbonyl (C=O) groups excluding carboxylic acids is 7. The van der Waals surface area contributed by atoms with E-state index in [0.29, 0.717) is 150 Å². The van der Waals surface area contributed by atoms with Crippen molar-refractivity contribution in [2.45, 2.75) is 82.6 Å². The highest BCUT2D eigenvalue weighted by Crippen LogP contribution is 2.42. The molecule has 11 rings (SSSR count). The topological polar surface area (TPSA) is 308 Å². The number of primary amides is 1. The summed E-state index contributed by atoms with van der Waals surface area (Å²) in [5, 5.41) is 19.4. The van der Waals surface area contributed by atoms with E-state index in [9.17, 15) is 33.6 Å². The Labute approximate surface area is 538 Å². The summed E-state index contributed by atoms with van der Waals surface area (Å²) >= 11 is 0. The molecule has 6 amide bonds. The van der Waals surface area contributed by atoms with Crippen molar-refractivity contribution in [1.29, 1.82) is 0 Å². The first-order chi connectivity index (χ1) is 45.2. The van der Waals surface area contributed by atoms with E-state index in [1.807, 2.05) is 29.2 Å². The molecule has 93 heavy (non-hydrogen) atoms. The van der Waals surface area contributed by atoms with Gasteiger partial charge in [0, 0.05) is 87.0 Å². The first-order valence-electron chi connectivity index (χ1n) is 32.1. The third kappa shape index (κ3) is 17.0. The van der Waals surface area contributed by atoms with Crippen molar-refractivity contribution < 1.29 is 66.4 Å². The van der Waals surface area contributed by atoms with Gasteiger partial charge in [-0.3, -0.25) is 33.4 Å². The number of likely N-dealkylation sites (tertiary alicyclic amines) is 1. The first kappa shape index (κ1) is 67.4. The Morgan fingerprint density at radius 1 is 0.720 bits per heavy atom. The Balaban J connectivity index is 0.561. The Hall–Kier alpha value is -8.54. The van der Waals surface area contributed by atoms with Gasteiger partial charge in [0.05, 0.1) is 116 Å². The number of rotatable bonds is 32. The maximum Gasteiger partial charge on any atom is 0.340 e. The molecule has 3 saturated heterocycles. The molecule has 0 unspecified atom stereocenters. The summed E-state index contributed by atoms with van der Waals surface area (Å²) in [6.07, 6.45) is 9.44. The molecule has 5 aliphatic rings. The van der Waals surface area contributed by atoms with Gasteiger partial charge in [-0.15, -0.1) is 9.69 Å². The zero-order valence-corrected chi connectivity index (χ0v) is 53.0. The van der Waals surface area contributed by atoms with E-state index in [1.54, 1.807) is 34.0 Å². The van der Waals surface area contributed by atoms with E-state index in [4.69, 9.17) is 39.5 Å². The van der Waals surface area contributed by atoms with Gasteiger partial charge in [-0.2, -0.15) is 5.10 Å². The summed E-state index contributed by atoms with van der Waals surface area (Å²) in [7, 11) is 2.69. The SMILES string of the molecule is COC(=O)CNC(=O)CN(C)C(=O)Cn1nc2c3c(cccc31)-c1cc3c(cnn3[N+]3(C(=O)CCC(=O)NCCOCCOCCOCCOCCOCCC(=O)N4CCC(c5ccc(Nc6nc(N7CCCCC7)cnc6C(N)=O)cc5)CC4)CCC2CC3)cc1F. The number of amides is 6. The summed E-state index contributed by atoms with van der Waals surface area (Å²) in [4.78, 5) is 106. The number of carbonyl (C=O) groups is 7. The van der Waals surface area contributed by atoms with E-state index < -0.39 is 29.5 Å². The van der Waals surface area contributed by atoms with Crippen molar-refractivity contribution in [3.05, 3.63) is 89.8 Å². The van der Waals surface area contributed by atoms with Crippen molar-refractivity contribution in [3.8, 4) is 11.1 Å². The van der Waals surface area contributed by atoms with Crippen molar-refractivity contribution in [1.82, 2.24) is 54.7 Å². The summed E-state index contributed by atoms with van der Waals surface area (Å²) < 4.78 is 50.4. The van der Waals surface area contributed by atoms with E-state index in [2.05, 4.69) is 47.8 Å². The Bertz CT molecular complexity index is 3600. The Morgan fingerprint density at radius 3 is 2.08 bits per heavy atom. The zero-order valence-electron chi connectivity index (χ0n) is 53.0. The molecule has 0 aliphatic carbocycles. The molecule has 28 heteroatoms. The van der Waals surface area contributed by atoms with Crippen LogP contribution in [0.4, 0.5) is 21.7 Å². The average molecular weight is 1290 g/mol. The third-order valence-electron chi connectivity index (χ3n) is 17.6. The number of nitrogens with one attached hydrogen (secondary N) is 3. The largest absolute Gasteiger partial charge is 0.468 e. The van der Waals surface area contributed by atoms with Gasteiger partial charge < -0.3 is 64.8 Å². The number of nitrogens with two attached hydrogens (primary N) is 1. The number of halogens is 1.